The molecule has 0 amide bonds. The summed E-state index contributed by atoms with van der Waals surface area (Å²) in [7, 11) is 0. The number of benzene rings is 1. The number of fused-ring (bicyclic) bond motifs is 1. The molecule has 0 spiro atoms. The van der Waals surface area contributed by atoms with Gasteiger partial charge in [-0.05, 0) is 37.6 Å². The fourth-order valence-corrected chi connectivity index (χ4v) is 2.41. The lowest BCUT2D eigenvalue weighted by molar-refractivity contribution is 0.382. The van der Waals surface area contributed by atoms with Crippen LogP contribution in [0.5, 0.6) is 0 Å². The van der Waals surface area contributed by atoms with E-state index in [9.17, 15) is 0 Å². The number of nitrogens with one attached hydrogen (secondary N) is 1. The highest BCUT2D eigenvalue weighted by molar-refractivity contribution is 6.31. The minimum Gasteiger partial charge on any atom is -0.439 e. The molecule has 1 fully saturated rings. The highest BCUT2D eigenvalue weighted by Crippen LogP contribution is 2.27. The Balaban J connectivity index is 1.94. The highest BCUT2D eigenvalue weighted by atomic mass is 35.5. The number of nitrogens with two attached hydrogens (primary N) is 1. The fourth-order valence-electron chi connectivity index (χ4n) is 2.24. The molecule has 3 N–H and O–H groups in total. The maximum absolute atomic E-state index is 6.17. The van der Waals surface area contributed by atoms with Crippen LogP contribution in [0.3, 0.4) is 0 Å². The second kappa shape index (κ2) is 4.29. The van der Waals surface area contributed by atoms with Crippen molar-refractivity contribution in [2.24, 2.45) is 11.7 Å². The van der Waals surface area contributed by atoms with Gasteiger partial charge in [0.2, 0.25) is 5.89 Å². The molecule has 0 aliphatic carbocycles. The Morgan fingerprint density at radius 2 is 2.41 bits per heavy atom. The van der Waals surface area contributed by atoms with E-state index in [-0.39, 0.29) is 6.04 Å². The first-order chi connectivity index (χ1) is 8.24. The smallest absolute Gasteiger partial charge is 0.212 e. The highest BCUT2D eigenvalue weighted by Gasteiger charge is 2.26. The standard InChI is InChI=1S/C12H14ClN3O/c13-8-1-2-9-10(5-8)17-12(16-9)11(14)7-3-4-15-6-7/h1-2,5,7,11,15H,3-4,6,14H2. The molecule has 2 unspecified atom stereocenters. The lowest BCUT2D eigenvalue weighted by atomic mass is 10.00. The molecular weight excluding hydrogens is 238 g/mol. The van der Waals surface area contributed by atoms with Gasteiger partial charge in [-0.15, -0.1) is 0 Å². The summed E-state index contributed by atoms with van der Waals surface area (Å²) >= 11 is 5.91. The van der Waals surface area contributed by atoms with Gasteiger partial charge in [0, 0.05) is 11.1 Å². The van der Waals surface area contributed by atoms with Crippen LogP contribution in [0.2, 0.25) is 5.02 Å². The fraction of sp³-hybridized carbons (Fsp3) is 0.417. The topological polar surface area (TPSA) is 64.1 Å². The number of hydrogen-bond donors (Lipinski definition) is 2. The molecule has 2 aromatic rings. The number of hydrogen-bond acceptors (Lipinski definition) is 4. The Morgan fingerprint density at radius 3 is 3.18 bits per heavy atom. The van der Waals surface area contributed by atoms with Crippen LogP contribution < -0.4 is 11.1 Å². The molecule has 0 bridgehead atoms. The lowest BCUT2D eigenvalue weighted by Crippen LogP contribution is -2.23. The van der Waals surface area contributed by atoms with Gasteiger partial charge in [-0.1, -0.05) is 11.6 Å². The first kappa shape index (κ1) is 11.0. The second-order valence-corrected chi connectivity index (χ2v) is 4.88. The molecule has 90 valence electrons. The van der Waals surface area contributed by atoms with Crippen LogP contribution in [0.15, 0.2) is 22.6 Å². The van der Waals surface area contributed by atoms with Crippen LogP contribution in [-0.4, -0.2) is 18.1 Å². The molecular formula is C12H14ClN3O. The minimum absolute atomic E-state index is 0.142. The van der Waals surface area contributed by atoms with Crippen molar-refractivity contribution in [3.8, 4) is 0 Å². The van der Waals surface area contributed by atoms with Gasteiger partial charge in [-0.25, -0.2) is 4.98 Å². The Labute approximate surface area is 104 Å². The third-order valence-corrected chi connectivity index (χ3v) is 3.49. The molecule has 0 saturated carbocycles. The van der Waals surface area contributed by atoms with Gasteiger partial charge in [-0.2, -0.15) is 0 Å². The van der Waals surface area contributed by atoms with Crippen molar-refractivity contribution in [2.75, 3.05) is 13.1 Å². The Bertz CT molecular complexity index is 534. The first-order valence-corrected chi connectivity index (χ1v) is 6.14. The summed E-state index contributed by atoms with van der Waals surface area (Å²) in [4.78, 5) is 4.42. The van der Waals surface area contributed by atoms with Crippen LogP contribution in [0.4, 0.5) is 0 Å². The molecule has 1 aromatic carbocycles. The van der Waals surface area contributed by atoms with Crippen molar-refractivity contribution in [1.82, 2.24) is 10.3 Å². The summed E-state index contributed by atoms with van der Waals surface area (Å²) in [6.07, 6.45) is 1.07. The van der Waals surface area contributed by atoms with Crippen molar-refractivity contribution in [3.63, 3.8) is 0 Å². The second-order valence-electron chi connectivity index (χ2n) is 4.44. The van der Waals surface area contributed by atoms with Crippen LogP contribution in [-0.2, 0) is 0 Å². The normalized spacial score (nSPS) is 22.1. The van der Waals surface area contributed by atoms with Crippen molar-refractivity contribution in [2.45, 2.75) is 12.5 Å². The van der Waals surface area contributed by atoms with Gasteiger partial charge >= 0.3 is 0 Å². The number of aromatic nitrogens is 1. The van der Waals surface area contributed by atoms with Gasteiger partial charge in [0.1, 0.15) is 5.52 Å². The molecule has 3 rings (SSSR count). The van der Waals surface area contributed by atoms with Crippen molar-refractivity contribution in [3.05, 3.63) is 29.1 Å². The van der Waals surface area contributed by atoms with Crippen molar-refractivity contribution < 1.29 is 4.42 Å². The third-order valence-electron chi connectivity index (χ3n) is 3.26. The summed E-state index contributed by atoms with van der Waals surface area (Å²) in [6, 6.07) is 5.28. The summed E-state index contributed by atoms with van der Waals surface area (Å²) < 4.78 is 5.67. The molecule has 0 radical (unpaired) electrons. The molecule has 2 heterocycles. The van der Waals surface area contributed by atoms with Gasteiger partial charge in [0.15, 0.2) is 5.58 Å². The number of rotatable bonds is 2. The quantitative estimate of drug-likeness (QED) is 0.858. The van der Waals surface area contributed by atoms with Crippen LogP contribution in [0.25, 0.3) is 11.1 Å². The van der Waals surface area contributed by atoms with E-state index in [2.05, 4.69) is 10.3 Å². The molecule has 17 heavy (non-hydrogen) atoms. The maximum Gasteiger partial charge on any atom is 0.212 e. The summed E-state index contributed by atoms with van der Waals surface area (Å²) in [5.74, 6) is 1.01. The Kier molecular flexibility index (Phi) is 2.78. The van der Waals surface area contributed by atoms with E-state index in [1.165, 1.54) is 0 Å². The van der Waals surface area contributed by atoms with Crippen molar-refractivity contribution in [1.29, 1.82) is 0 Å². The van der Waals surface area contributed by atoms with E-state index in [4.69, 9.17) is 21.8 Å². The molecule has 1 aromatic heterocycles. The van der Waals surface area contributed by atoms with Gasteiger partial charge < -0.3 is 15.5 Å². The Morgan fingerprint density at radius 1 is 1.53 bits per heavy atom. The molecule has 1 saturated heterocycles. The minimum atomic E-state index is -0.142. The summed E-state index contributed by atoms with van der Waals surface area (Å²) in [6.45, 7) is 1.95. The first-order valence-electron chi connectivity index (χ1n) is 5.76. The predicted molar refractivity (Wildman–Crippen MR) is 66.9 cm³/mol. The van der Waals surface area contributed by atoms with Gasteiger partial charge in [0.05, 0.1) is 6.04 Å². The monoisotopic (exact) mass is 251 g/mol. The number of halogens is 1. The third kappa shape index (κ3) is 2.04. The maximum atomic E-state index is 6.17. The van der Waals surface area contributed by atoms with E-state index < -0.39 is 0 Å². The van der Waals surface area contributed by atoms with Crippen LogP contribution in [0.1, 0.15) is 18.4 Å². The molecule has 5 heteroatoms. The SMILES string of the molecule is NC(c1nc2ccc(Cl)cc2o1)C1CCNC1. The van der Waals surface area contributed by atoms with Crippen LogP contribution >= 0.6 is 11.6 Å². The van der Waals surface area contributed by atoms with E-state index in [0.29, 0.717) is 22.4 Å². The number of nitrogens with zero attached hydrogens (tertiary/aromatic N) is 1. The van der Waals surface area contributed by atoms with E-state index in [0.717, 1.165) is 25.0 Å². The van der Waals surface area contributed by atoms with E-state index in [1.807, 2.05) is 6.07 Å². The predicted octanol–water partition coefficient (Wildman–Crippen LogP) is 2.09. The largest absolute Gasteiger partial charge is 0.439 e. The van der Waals surface area contributed by atoms with Crippen molar-refractivity contribution >= 4 is 22.7 Å². The lowest BCUT2D eigenvalue weighted by Gasteiger charge is -2.13. The Hall–Kier alpha value is -1.10. The average Bonchev–Trinajstić information content (AvgIpc) is 2.96. The van der Waals surface area contributed by atoms with Gasteiger partial charge in [0.25, 0.3) is 0 Å². The zero-order valence-electron chi connectivity index (χ0n) is 9.32. The summed E-state index contributed by atoms with van der Waals surface area (Å²) in [5.41, 5.74) is 7.69. The molecule has 4 nitrogen and oxygen atoms in total. The molecule has 1 aliphatic heterocycles. The average molecular weight is 252 g/mol. The molecule has 1 aliphatic rings. The van der Waals surface area contributed by atoms with Gasteiger partial charge in [-0.3, -0.25) is 0 Å². The van der Waals surface area contributed by atoms with Crippen LogP contribution in [0, 0.1) is 5.92 Å². The zero-order valence-corrected chi connectivity index (χ0v) is 10.1. The molecule has 2 atom stereocenters. The summed E-state index contributed by atoms with van der Waals surface area (Å²) in [5, 5.41) is 3.94. The van der Waals surface area contributed by atoms with E-state index >= 15 is 0 Å². The zero-order chi connectivity index (χ0) is 11.8. The number of oxazole rings is 1. The van der Waals surface area contributed by atoms with E-state index in [1.54, 1.807) is 12.1 Å².